The Bertz CT molecular complexity index is 600. The van der Waals surface area contributed by atoms with Gasteiger partial charge < -0.3 is 25.4 Å². The number of aliphatic imine (C=N–C) groups is 1. The third-order valence-corrected chi connectivity index (χ3v) is 4.36. The van der Waals surface area contributed by atoms with Gasteiger partial charge in [-0.05, 0) is 50.3 Å². The van der Waals surface area contributed by atoms with Crippen LogP contribution in [0.4, 0.5) is 0 Å². The Morgan fingerprint density at radius 2 is 1.86 bits per heavy atom. The number of nitrogens with zero attached hydrogens (tertiary/aromatic N) is 1. The van der Waals surface area contributed by atoms with Crippen LogP contribution in [0.5, 0.6) is 5.75 Å². The summed E-state index contributed by atoms with van der Waals surface area (Å²) >= 11 is 0. The first kappa shape index (κ1) is 22.0. The highest BCUT2D eigenvalue weighted by molar-refractivity contribution is 5.80. The molecule has 0 bridgehead atoms. The lowest BCUT2D eigenvalue weighted by molar-refractivity contribution is -0.121. The molecular weight excluding hydrogens is 356 g/mol. The molecule has 7 nitrogen and oxygen atoms in total. The van der Waals surface area contributed by atoms with Gasteiger partial charge in [0.05, 0.1) is 13.7 Å². The number of nitrogens with one attached hydrogen (secondary N) is 3. The summed E-state index contributed by atoms with van der Waals surface area (Å²) in [6.07, 6.45) is 4.48. The topological polar surface area (TPSA) is 84.0 Å². The van der Waals surface area contributed by atoms with E-state index in [4.69, 9.17) is 9.47 Å². The van der Waals surface area contributed by atoms with Gasteiger partial charge in [0.25, 0.3) is 0 Å². The van der Waals surface area contributed by atoms with Gasteiger partial charge in [-0.15, -0.1) is 0 Å². The molecule has 0 aliphatic heterocycles. The van der Waals surface area contributed by atoms with Gasteiger partial charge in [0, 0.05) is 38.8 Å². The van der Waals surface area contributed by atoms with Crippen molar-refractivity contribution < 1.29 is 14.3 Å². The maximum absolute atomic E-state index is 11.8. The minimum Gasteiger partial charge on any atom is -0.497 e. The van der Waals surface area contributed by atoms with Gasteiger partial charge in [-0.2, -0.15) is 0 Å². The summed E-state index contributed by atoms with van der Waals surface area (Å²) in [7, 11) is 1.66. The summed E-state index contributed by atoms with van der Waals surface area (Å²) in [4.78, 5) is 16.4. The van der Waals surface area contributed by atoms with Crippen molar-refractivity contribution in [2.75, 3.05) is 33.4 Å². The van der Waals surface area contributed by atoms with Gasteiger partial charge >= 0.3 is 0 Å². The summed E-state index contributed by atoms with van der Waals surface area (Å²) < 4.78 is 10.6. The van der Waals surface area contributed by atoms with E-state index >= 15 is 0 Å². The summed E-state index contributed by atoms with van der Waals surface area (Å²) in [5.41, 5.74) is 1.11. The average Bonchev–Trinajstić information content (AvgIpc) is 3.52. The van der Waals surface area contributed by atoms with Crippen LogP contribution in [0.2, 0.25) is 0 Å². The SMILES string of the molecule is CCOCCCNC(=NCc1ccc(OC)cc1)NCCCC(=O)NC1CC1. The van der Waals surface area contributed by atoms with Crippen molar-refractivity contribution in [1.29, 1.82) is 0 Å². The van der Waals surface area contributed by atoms with Crippen LogP contribution in [-0.4, -0.2) is 51.3 Å². The highest BCUT2D eigenvalue weighted by atomic mass is 16.5. The number of guanidine groups is 1. The smallest absolute Gasteiger partial charge is 0.220 e. The summed E-state index contributed by atoms with van der Waals surface area (Å²) in [5.74, 6) is 1.74. The predicted molar refractivity (Wildman–Crippen MR) is 112 cm³/mol. The quantitative estimate of drug-likeness (QED) is 0.273. The Balaban J connectivity index is 1.75. The fraction of sp³-hybridized carbons (Fsp3) is 0.619. The van der Waals surface area contributed by atoms with E-state index in [1.165, 1.54) is 0 Å². The van der Waals surface area contributed by atoms with E-state index < -0.39 is 0 Å². The Morgan fingerprint density at radius 3 is 2.50 bits per heavy atom. The first-order chi connectivity index (χ1) is 13.7. The van der Waals surface area contributed by atoms with Crippen LogP contribution >= 0.6 is 0 Å². The highest BCUT2D eigenvalue weighted by Gasteiger charge is 2.22. The zero-order valence-electron chi connectivity index (χ0n) is 17.1. The maximum Gasteiger partial charge on any atom is 0.220 e. The second kappa shape index (κ2) is 13.0. The summed E-state index contributed by atoms with van der Waals surface area (Å²) in [6, 6.07) is 8.32. The number of amides is 1. The molecule has 3 N–H and O–H groups in total. The minimum atomic E-state index is 0.144. The number of rotatable bonds is 13. The number of hydrogen-bond acceptors (Lipinski definition) is 4. The molecule has 1 amide bonds. The van der Waals surface area contributed by atoms with Crippen LogP contribution in [0.25, 0.3) is 0 Å². The van der Waals surface area contributed by atoms with Crippen molar-refractivity contribution in [2.24, 2.45) is 4.99 Å². The van der Waals surface area contributed by atoms with Gasteiger partial charge in [0.15, 0.2) is 5.96 Å². The molecule has 7 heteroatoms. The minimum absolute atomic E-state index is 0.144. The third-order valence-electron chi connectivity index (χ3n) is 4.36. The van der Waals surface area contributed by atoms with Gasteiger partial charge in [-0.25, -0.2) is 4.99 Å². The van der Waals surface area contributed by atoms with Crippen molar-refractivity contribution in [3.05, 3.63) is 29.8 Å². The highest BCUT2D eigenvalue weighted by Crippen LogP contribution is 2.18. The molecule has 1 aromatic rings. The maximum atomic E-state index is 11.8. The van der Waals surface area contributed by atoms with E-state index in [1.54, 1.807) is 7.11 Å². The second-order valence-electron chi connectivity index (χ2n) is 6.86. The lowest BCUT2D eigenvalue weighted by Crippen LogP contribution is -2.39. The molecule has 0 unspecified atom stereocenters. The Morgan fingerprint density at radius 1 is 1.14 bits per heavy atom. The molecule has 1 aliphatic rings. The molecule has 0 heterocycles. The van der Waals surface area contributed by atoms with Crippen LogP contribution < -0.4 is 20.7 Å². The van der Waals surface area contributed by atoms with E-state index in [-0.39, 0.29) is 5.91 Å². The first-order valence-corrected chi connectivity index (χ1v) is 10.2. The standard InChI is InChI=1S/C21H34N4O3/c1-3-28-15-5-14-23-21(22-13-4-6-20(26)25-18-9-10-18)24-16-17-7-11-19(27-2)12-8-17/h7-8,11-12,18H,3-6,9-10,13-16H2,1-2H3,(H,25,26)(H2,22,23,24). The summed E-state index contributed by atoms with van der Waals surface area (Å²) in [5, 5.41) is 9.67. The van der Waals surface area contributed by atoms with E-state index in [1.807, 2.05) is 31.2 Å². The van der Waals surface area contributed by atoms with Crippen LogP contribution in [0.1, 0.15) is 44.6 Å². The van der Waals surface area contributed by atoms with E-state index in [0.717, 1.165) is 62.7 Å². The molecule has 0 atom stereocenters. The lowest BCUT2D eigenvalue weighted by Gasteiger charge is -2.13. The van der Waals surface area contributed by atoms with Gasteiger partial charge in [0.2, 0.25) is 5.91 Å². The molecule has 0 aromatic heterocycles. The van der Waals surface area contributed by atoms with Crippen LogP contribution in [0.15, 0.2) is 29.3 Å². The van der Waals surface area contributed by atoms with Crippen molar-refractivity contribution in [1.82, 2.24) is 16.0 Å². The molecule has 2 rings (SSSR count). The summed E-state index contributed by atoms with van der Waals surface area (Å²) in [6.45, 7) is 5.54. The Kier molecular flexibility index (Phi) is 10.2. The molecule has 0 saturated heterocycles. The monoisotopic (exact) mass is 390 g/mol. The molecule has 1 aromatic carbocycles. The molecule has 1 aliphatic carbocycles. The molecule has 1 saturated carbocycles. The number of benzene rings is 1. The van der Waals surface area contributed by atoms with E-state index in [2.05, 4.69) is 20.9 Å². The van der Waals surface area contributed by atoms with Crippen LogP contribution in [-0.2, 0) is 16.1 Å². The number of ether oxygens (including phenoxy) is 2. The number of hydrogen-bond donors (Lipinski definition) is 3. The fourth-order valence-electron chi connectivity index (χ4n) is 2.58. The zero-order chi connectivity index (χ0) is 20.0. The van der Waals surface area contributed by atoms with E-state index in [9.17, 15) is 4.79 Å². The third kappa shape index (κ3) is 9.60. The van der Waals surface area contributed by atoms with Crippen molar-refractivity contribution in [2.45, 2.75) is 51.6 Å². The predicted octanol–water partition coefficient (Wildman–Crippen LogP) is 2.22. The van der Waals surface area contributed by atoms with Gasteiger partial charge in [0.1, 0.15) is 5.75 Å². The molecule has 0 radical (unpaired) electrons. The second-order valence-corrected chi connectivity index (χ2v) is 6.86. The first-order valence-electron chi connectivity index (χ1n) is 10.2. The van der Waals surface area contributed by atoms with Crippen molar-refractivity contribution in [3.63, 3.8) is 0 Å². The van der Waals surface area contributed by atoms with Crippen molar-refractivity contribution in [3.8, 4) is 5.75 Å². The normalized spacial score (nSPS) is 13.9. The van der Waals surface area contributed by atoms with Gasteiger partial charge in [-0.1, -0.05) is 12.1 Å². The Labute approximate surface area is 168 Å². The molecule has 156 valence electrons. The van der Waals surface area contributed by atoms with Crippen LogP contribution in [0.3, 0.4) is 0 Å². The molecule has 1 fully saturated rings. The fourth-order valence-corrected chi connectivity index (χ4v) is 2.58. The van der Waals surface area contributed by atoms with Crippen LogP contribution in [0, 0.1) is 0 Å². The number of carbonyl (C=O) groups is 1. The molecular formula is C21H34N4O3. The number of methoxy groups -OCH3 is 1. The average molecular weight is 391 g/mol. The van der Waals surface area contributed by atoms with E-state index in [0.29, 0.717) is 25.6 Å². The van der Waals surface area contributed by atoms with Crippen molar-refractivity contribution >= 4 is 11.9 Å². The largest absolute Gasteiger partial charge is 0.497 e. The zero-order valence-corrected chi connectivity index (χ0v) is 17.1. The number of carbonyl (C=O) groups excluding carboxylic acids is 1. The Hall–Kier alpha value is -2.28. The lowest BCUT2D eigenvalue weighted by atomic mass is 10.2. The molecule has 28 heavy (non-hydrogen) atoms. The van der Waals surface area contributed by atoms with Gasteiger partial charge in [-0.3, -0.25) is 4.79 Å². The molecule has 0 spiro atoms.